The van der Waals surface area contributed by atoms with Crippen LogP contribution < -0.4 is 0 Å². The van der Waals surface area contributed by atoms with Crippen molar-refractivity contribution in [3.8, 4) is 0 Å². The fourth-order valence-electron chi connectivity index (χ4n) is 3.88. The minimum atomic E-state index is 0.522. The SMILES string of the molecule is BC1CCCCC2C1N(C(C)C)C(=S)N2C(C)C. The lowest BCUT2D eigenvalue weighted by Gasteiger charge is -2.34. The van der Waals surface area contributed by atoms with Gasteiger partial charge in [0, 0.05) is 18.1 Å². The van der Waals surface area contributed by atoms with E-state index in [-0.39, 0.29) is 0 Å². The average Bonchev–Trinajstić information content (AvgIpc) is 2.45. The Labute approximate surface area is 119 Å². The van der Waals surface area contributed by atoms with E-state index >= 15 is 0 Å². The van der Waals surface area contributed by atoms with Gasteiger partial charge >= 0.3 is 0 Å². The summed E-state index contributed by atoms with van der Waals surface area (Å²) in [6.45, 7) is 9.13. The largest absolute Gasteiger partial charge is 0.342 e. The fraction of sp³-hybridized carbons (Fsp3) is 0.929. The quantitative estimate of drug-likeness (QED) is 0.560. The Morgan fingerprint density at radius 3 is 2.17 bits per heavy atom. The summed E-state index contributed by atoms with van der Waals surface area (Å²) in [7, 11) is 2.42. The van der Waals surface area contributed by atoms with Gasteiger partial charge in [0.25, 0.3) is 0 Å². The van der Waals surface area contributed by atoms with E-state index in [0.29, 0.717) is 24.2 Å². The molecule has 2 nitrogen and oxygen atoms in total. The van der Waals surface area contributed by atoms with Gasteiger partial charge in [-0.2, -0.15) is 0 Å². The van der Waals surface area contributed by atoms with Crippen molar-refractivity contribution in [2.75, 3.05) is 0 Å². The fourth-order valence-corrected chi connectivity index (χ4v) is 4.55. The number of nitrogens with zero attached hydrogens (tertiary/aromatic N) is 2. The van der Waals surface area contributed by atoms with E-state index in [1.54, 1.807) is 0 Å². The van der Waals surface area contributed by atoms with Crippen LogP contribution in [0.4, 0.5) is 0 Å². The minimum Gasteiger partial charge on any atom is -0.342 e. The van der Waals surface area contributed by atoms with Crippen molar-refractivity contribution >= 4 is 25.2 Å². The zero-order valence-electron chi connectivity index (χ0n) is 12.5. The predicted octanol–water partition coefficient (Wildman–Crippen LogP) is 2.44. The Kier molecular flexibility index (Phi) is 4.25. The molecule has 2 fully saturated rings. The summed E-state index contributed by atoms with van der Waals surface area (Å²) in [5.74, 6) is 0.765. The lowest BCUT2D eigenvalue weighted by Crippen LogP contribution is -2.43. The van der Waals surface area contributed by atoms with E-state index < -0.39 is 0 Å². The van der Waals surface area contributed by atoms with Crippen molar-refractivity contribution in [1.82, 2.24) is 9.80 Å². The molecular formula is C14H27BN2S. The van der Waals surface area contributed by atoms with Crippen molar-refractivity contribution in [1.29, 1.82) is 0 Å². The number of hydrogen-bond acceptors (Lipinski definition) is 1. The van der Waals surface area contributed by atoms with Gasteiger partial charge in [-0.1, -0.05) is 19.3 Å². The Balaban J connectivity index is 2.35. The molecule has 0 amide bonds. The van der Waals surface area contributed by atoms with Gasteiger partial charge in [-0.3, -0.25) is 0 Å². The van der Waals surface area contributed by atoms with E-state index in [2.05, 4.69) is 45.3 Å². The predicted molar refractivity (Wildman–Crippen MR) is 84.9 cm³/mol. The Hall–Kier alpha value is -0.245. The third-order valence-corrected chi connectivity index (χ3v) is 5.04. The first-order valence-corrected chi connectivity index (χ1v) is 7.96. The van der Waals surface area contributed by atoms with Gasteiger partial charge in [0.1, 0.15) is 7.85 Å². The summed E-state index contributed by atoms with van der Waals surface area (Å²) in [5, 5.41) is 1.10. The molecule has 1 aliphatic carbocycles. The first-order chi connectivity index (χ1) is 8.45. The lowest BCUT2D eigenvalue weighted by atomic mass is 9.75. The Morgan fingerprint density at radius 2 is 1.61 bits per heavy atom. The molecular weight excluding hydrogens is 239 g/mol. The van der Waals surface area contributed by atoms with E-state index in [1.807, 2.05) is 0 Å². The summed E-state index contributed by atoms with van der Waals surface area (Å²) < 4.78 is 0. The highest BCUT2D eigenvalue weighted by Gasteiger charge is 2.47. The molecule has 0 spiro atoms. The second-order valence-electron chi connectivity index (χ2n) is 6.60. The number of hydrogen-bond donors (Lipinski definition) is 0. The van der Waals surface area contributed by atoms with E-state index in [4.69, 9.17) is 12.2 Å². The van der Waals surface area contributed by atoms with Crippen LogP contribution in [0.5, 0.6) is 0 Å². The number of fused-ring (bicyclic) bond motifs is 1. The van der Waals surface area contributed by atoms with Crippen LogP contribution >= 0.6 is 12.2 Å². The molecule has 3 unspecified atom stereocenters. The molecule has 2 rings (SSSR count). The van der Waals surface area contributed by atoms with Crippen molar-refractivity contribution in [2.24, 2.45) is 0 Å². The summed E-state index contributed by atoms with van der Waals surface area (Å²) in [6, 6.07) is 2.34. The van der Waals surface area contributed by atoms with Gasteiger partial charge < -0.3 is 9.80 Å². The molecule has 1 saturated carbocycles. The van der Waals surface area contributed by atoms with E-state index in [1.165, 1.54) is 25.7 Å². The van der Waals surface area contributed by atoms with Crippen LogP contribution in [0.1, 0.15) is 53.4 Å². The average molecular weight is 266 g/mol. The van der Waals surface area contributed by atoms with Crippen LogP contribution in [0.15, 0.2) is 0 Å². The Bertz CT molecular complexity index is 319. The Morgan fingerprint density at radius 1 is 1.06 bits per heavy atom. The van der Waals surface area contributed by atoms with Gasteiger partial charge in [0.05, 0.1) is 6.04 Å². The molecule has 3 atom stereocenters. The molecule has 0 N–H and O–H groups in total. The van der Waals surface area contributed by atoms with Crippen LogP contribution in [0, 0.1) is 0 Å². The second kappa shape index (κ2) is 5.40. The summed E-state index contributed by atoms with van der Waals surface area (Å²) >= 11 is 5.78. The third kappa shape index (κ3) is 2.28. The van der Waals surface area contributed by atoms with Crippen molar-refractivity contribution in [3.63, 3.8) is 0 Å². The van der Waals surface area contributed by atoms with Crippen LogP contribution in [0.25, 0.3) is 0 Å². The maximum Gasteiger partial charge on any atom is 0.172 e. The first kappa shape index (κ1) is 14.2. The molecule has 18 heavy (non-hydrogen) atoms. The molecule has 0 aromatic carbocycles. The zero-order valence-corrected chi connectivity index (χ0v) is 13.3. The van der Waals surface area contributed by atoms with Crippen LogP contribution in [-0.4, -0.2) is 46.9 Å². The molecule has 0 bridgehead atoms. The number of thiocarbonyl (C=S) groups is 1. The molecule has 1 heterocycles. The molecule has 2 aliphatic rings. The summed E-state index contributed by atoms with van der Waals surface area (Å²) in [6.07, 6.45) is 5.43. The summed E-state index contributed by atoms with van der Waals surface area (Å²) in [5.41, 5.74) is 0. The van der Waals surface area contributed by atoms with Crippen LogP contribution in [0.2, 0.25) is 5.82 Å². The van der Waals surface area contributed by atoms with Gasteiger partial charge in [0.15, 0.2) is 5.11 Å². The number of rotatable bonds is 2. The summed E-state index contributed by atoms with van der Waals surface area (Å²) in [4.78, 5) is 5.04. The van der Waals surface area contributed by atoms with Gasteiger partial charge in [-0.05, 0) is 52.2 Å². The molecule has 4 heteroatoms. The minimum absolute atomic E-state index is 0.522. The standard InChI is InChI=1S/C14H27BN2S/c1-9(2)16-12-8-6-5-7-11(15)13(12)17(10(3)4)14(16)18/h9-13H,5-8,15H2,1-4H3. The molecule has 1 saturated heterocycles. The first-order valence-electron chi connectivity index (χ1n) is 7.55. The van der Waals surface area contributed by atoms with Gasteiger partial charge in [-0.15, -0.1) is 0 Å². The maximum absolute atomic E-state index is 5.78. The highest BCUT2D eigenvalue weighted by molar-refractivity contribution is 7.80. The van der Waals surface area contributed by atoms with Crippen molar-refractivity contribution in [2.45, 2.75) is 83.4 Å². The monoisotopic (exact) mass is 266 g/mol. The third-order valence-electron chi connectivity index (χ3n) is 4.62. The lowest BCUT2D eigenvalue weighted by molar-refractivity contribution is 0.213. The van der Waals surface area contributed by atoms with E-state index in [0.717, 1.165) is 10.9 Å². The topological polar surface area (TPSA) is 6.48 Å². The van der Waals surface area contributed by atoms with Crippen LogP contribution in [-0.2, 0) is 0 Å². The smallest absolute Gasteiger partial charge is 0.172 e. The molecule has 102 valence electrons. The highest BCUT2D eigenvalue weighted by Crippen LogP contribution is 2.40. The maximum atomic E-state index is 5.78. The molecule has 0 aromatic rings. The molecule has 0 radical (unpaired) electrons. The molecule has 0 aromatic heterocycles. The van der Waals surface area contributed by atoms with Crippen molar-refractivity contribution < 1.29 is 0 Å². The normalized spacial score (nSPS) is 33.2. The highest BCUT2D eigenvalue weighted by atomic mass is 32.1. The second-order valence-corrected chi connectivity index (χ2v) is 6.97. The van der Waals surface area contributed by atoms with Crippen molar-refractivity contribution in [3.05, 3.63) is 0 Å². The van der Waals surface area contributed by atoms with Gasteiger partial charge in [-0.25, -0.2) is 0 Å². The van der Waals surface area contributed by atoms with Crippen LogP contribution in [0.3, 0.4) is 0 Å². The van der Waals surface area contributed by atoms with E-state index in [9.17, 15) is 0 Å². The molecule has 1 aliphatic heterocycles. The van der Waals surface area contributed by atoms with Gasteiger partial charge in [0.2, 0.25) is 0 Å². The zero-order chi connectivity index (χ0) is 13.4.